The highest BCUT2D eigenvalue weighted by molar-refractivity contribution is 7.89. The molecule has 0 N–H and O–H groups in total. The number of hydrogen-bond donors (Lipinski definition) is 0. The highest BCUT2D eigenvalue weighted by atomic mass is 32.2. The zero-order valence-electron chi connectivity index (χ0n) is 18.9. The van der Waals surface area contributed by atoms with Crippen molar-refractivity contribution in [1.29, 1.82) is 0 Å². The molecule has 0 spiro atoms. The molecule has 2 aromatic carbocycles. The Hall–Kier alpha value is -2.45. The van der Waals surface area contributed by atoms with E-state index in [2.05, 4.69) is 4.90 Å². The number of rotatable bonds is 7. The van der Waals surface area contributed by atoms with Crippen molar-refractivity contribution in [2.75, 3.05) is 49.9 Å². The standard InChI is InChI=1S/C25H32FN3O3S/c26-23-10-12-24(13-11-23)27-15-17-28(18-16-27)25(30)22-9-4-14-29(20-22)33(31,32)19-5-8-21-6-2-1-3-7-21/h1-3,6-7,10-13,22H,4-5,8-9,14-20H2/t22-/m0/s1. The molecule has 8 heteroatoms. The third-order valence-electron chi connectivity index (χ3n) is 6.62. The normalized spacial score (nSPS) is 20.1. The third kappa shape index (κ3) is 6.12. The van der Waals surface area contributed by atoms with Gasteiger partial charge in [-0.25, -0.2) is 17.1 Å². The molecule has 0 aliphatic carbocycles. The zero-order chi connectivity index (χ0) is 23.3. The van der Waals surface area contributed by atoms with Gasteiger partial charge in [0, 0.05) is 45.0 Å². The number of carbonyl (C=O) groups excluding carboxylic acids is 1. The number of anilines is 1. The Balaban J connectivity index is 1.27. The van der Waals surface area contributed by atoms with Gasteiger partial charge in [0.05, 0.1) is 11.7 Å². The zero-order valence-corrected chi connectivity index (χ0v) is 19.7. The van der Waals surface area contributed by atoms with Gasteiger partial charge in [-0.05, 0) is 55.5 Å². The van der Waals surface area contributed by atoms with Crippen LogP contribution in [-0.2, 0) is 21.2 Å². The molecule has 178 valence electrons. The molecular formula is C25H32FN3O3S. The minimum absolute atomic E-state index is 0.0536. The van der Waals surface area contributed by atoms with Crippen molar-refractivity contribution in [3.63, 3.8) is 0 Å². The average Bonchev–Trinajstić information content (AvgIpc) is 2.85. The quantitative estimate of drug-likeness (QED) is 0.620. The lowest BCUT2D eigenvalue weighted by atomic mass is 9.97. The van der Waals surface area contributed by atoms with Crippen LogP contribution in [0.5, 0.6) is 0 Å². The molecule has 0 unspecified atom stereocenters. The summed E-state index contributed by atoms with van der Waals surface area (Å²) in [5.41, 5.74) is 2.09. The summed E-state index contributed by atoms with van der Waals surface area (Å²) in [5, 5.41) is 0. The molecular weight excluding hydrogens is 441 g/mol. The lowest BCUT2D eigenvalue weighted by molar-refractivity contribution is -0.137. The Morgan fingerprint density at radius 1 is 0.939 bits per heavy atom. The SMILES string of the molecule is O=C([C@H]1CCCN(S(=O)(=O)CCCc2ccccc2)C1)N1CCN(c2ccc(F)cc2)CC1. The van der Waals surface area contributed by atoms with Crippen molar-refractivity contribution in [3.05, 3.63) is 66.0 Å². The van der Waals surface area contributed by atoms with Gasteiger partial charge >= 0.3 is 0 Å². The number of amides is 1. The maximum atomic E-state index is 13.2. The van der Waals surface area contributed by atoms with Crippen molar-refractivity contribution < 1.29 is 17.6 Å². The van der Waals surface area contributed by atoms with Gasteiger partial charge in [-0.1, -0.05) is 30.3 Å². The average molecular weight is 474 g/mol. The second kappa shape index (κ2) is 10.7. The first kappa shape index (κ1) is 23.7. The summed E-state index contributed by atoms with van der Waals surface area (Å²) >= 11 is 0. The van der Waals surface area contributed by atoms with Gasteiger partial charge in [-0.3, -0.25) is 4.79 Å². The highest BCUT2D eigenvalue weighted by Crippen LogP contribution is 2.24. The van der Waals surface area contributed by atoms with Crippen molar-refractivity contribution in [3.8, 4) is 0 Å². The van der Waals surface area contributed by atoms with Gasteiger partial charge in [0.1, 0.15) is 5.82 Å². The van der Waals surface area contributed by atoms with Crippen LogP contribution < -0.4 is 4.90 Å². The van der Waals surface area contributed by atoms with Crippen LogP contribution in [0, 0.1) is 11.7 Å². The van der Waals surface area contributed by atoms with Gasteiger partial charge in [0.25, 0.3) is 0 Å². The van der Waals surface area contributed by atoms with Crippen molar-refractivity contribution >= 4 is 21.6 Å². The molecule has 2 fully saturated rings. The van der Waals surface area contributed by atoms with Gasteiger partial charge in [-0.15, -0.1) is 0 Å². The number of nitrogens with zero attached hydrogens (tertiary/aromatic N) is 3. The maximum Gasteiger partial charge on any atom is 0.227 e. The van der Waals surface area contributed by atoms with Gasteiger partial charge in [0.2, 0.25) is 15.9 Å². The van der Waals surface area contributed by atoms with E-state index in [0.717, 1.165) is 24.1 Å². The summed E-state index contributed by atoms with van der Waals surface area (Å²) in [6, 6.07) is 16.3. The number of carbonyl (C=O) groups is 1. The van der Waals surface area contributed by atoms with E-state index in [1.165, 1.54) is 16.4 Å². The van der Waals surface area contributed by atoms with Crippen molar-refractivity contribution in [2.24, 2.45) is 5.92 Å². The fourth-order valence-electron chi connectivity index (χ4n) is 4.72. The predicted molar refractivity (Wildman–Crippen MR) is 128 cm³/mol. The maximum absolute atomic E-state index is 13.2. The molecule has 1 atom stereocenters. The van der Waals surface area contributed by atoms with Crippen LogP contribution in [0.4, 0.5) is 10.1 Å². The van der Waals surface area contributed by atoms with E-state index in [9.17, 15) is 17.6 Å². The summed E-state index contributed by atoms with van der Waals surface area (Å²) in [5.74, 6) is -0.374. The van der Waals surface area contributed by atoms with E-state index >= 15 is 0 Å². The molecule has 0 bridgehead atoms. The topological polar surface area (TPSA) is 60.9 Å². The van der Waals surface area contributed by atoms with Crippen LogP contribution in [0.1, 0.15) is 24.8 Å². The van der Waals surface area contributed by atoms with Crippen molar-refractivity contribution in [2.45, 2.75) is 25.7 Å². The number of halogens is 1. The molecule has 2 aliphatic rings. The lowest BCUT2D eigenvalue weighted by Gasteiger charge is -2.39. The van der Waals surface area contributed by atoms with E-state index in [-0.39, 0.29) is 29.9 Å². The number of aryl methyl sites for hydroxylation is 1. The fourth-order valence-corrected chi connectivity index (χ4v) is 6.31. The van der Waals surface area contributed by atoms with E-state index < -0.39 is 10.0 Å². The van der Waals surface area contributed by atoms with Crippen LogP contribution in [-0.4, -0.2) is 68.6 Å². The molecule has 2 aliphatic heterocycles. The lowest BCUT2D eigenvalue weighted by Crippen LogP contribution is -2.53. The summed E-state index contributed by atoms with van der Waals surface area (Å²) < 4.78 is 40.5. The van der Waals surface area contributed by atoms with E-state index in [1.54, 1.807) is 12.1 Å². The Kier molecular flexibility index (Phi) is 7.65. The van der Waals surface area contributed by atoms with Gasteiger partial charge in [-0.2, -0.15) is 0 Å². The summed E-state index contributed by atoms with van der Waals surface area (Å²) in [6.07, 6.45) is 2.75. The number of piperidine rings is 1. The third-order valence-corrected chi connectivity index (χ3v) is 8.54. The molecule has 4 rings (SSSR count). The Morgan fingerprint density at radius 2 is 1.64 bits per heavy atom. The van der Waals surface area contributed by atoms with Crippen LogP contribution in [0.15, 0.2) is 54.6 Å². The van der Waals surface area contributed by atoms with E-state index in [0.29, 0.717) is 45.6 Å². The second-order valence-corrected chi connectivity index (χ2v) is 11.0. The molecule has 2 saturated heterocycles. The van der Waals surface area contributed by atoms with Crippen LogP contribution in [0.25, 0.3) is 0 Å². The molecule has 1 amide bonds. The van der Waals surface area contributed by atoms with E-state index in [4.69, 9.17) is 0 Å². The molecule has 0 saturated carbocycles. The molecule has 2 heterocycles. The highest BCUT2D eigenvalue weighted by Gasteiger charge is 2.35. The molecule has 0 radical (unpaired) electrons. The fraction of sp³-hybridized carbons (Fsp3) is 0.480. The minimum Gasteiger partial charge on any atom is -0.368 e. The first-order chi connectivity index (χ1) is 15.9. The largest absolute Gasteiger partial charge is 0.368 e. The smallest absolute Gasteiger partial charge is 0.227 e. The number of piperazine rings is 1. The predicted octanol–water partition coefficient (Wildman–Crippen LogP) is 3.15. The second-order valence-electron chi connectivity index (χ2n) is 8.89. The summed E-state index contributed by atoms with van der Waals surface area (Å²) in [4.78, 5) is 17.2. The summed E-state index contributed by atoms with van der Waals surface area (Å²) in [7, 11) is -3.38. The molecule has 2 aromatic rings. The minimum atomic E-state index is -3.38. The first-order valence-corrected chi connectivity index (χ1v) is 13.3. The van der Waals surface area contributed by atoms with Crippen LogP contribution in [0.2, 0.25) is 0 Å². The molecule has 0 aromatic heterocycles. The van der Waals surface area contributed by atoms with Crippen LogP contribution in [0.3, 0.4) is 0 Å². The molecule has 33 heavy (non-hydrogen) atoms. The first-order valence-electron chi connectivity index (χ1n) is 11.7. The van der Waals surface area contributed by atoms with Crippen LogP contribution >= 0.6 is 0 Å². The van der Waals surface area contributed by atoms with E-state index in [1.807, 2.05) is 35.2 Å². The van der Waals surface area contributed by atoms with Gasteiger partial charge in [0.15, 0.2) is 0 Å². The number of benzene rings is 2. The Labute approximate surface area is 196 Å². The Bertz CT molecular complexity index is 1020. The number of sulfonamides is 1. The van der Waals surface area contributed by atoms with Crippen molar-refractivity contribution in [1.82, 2.24) is 9.21 Å². The molecule has 6 nitrogen and oxygen atoms in total. The summed E-state index contributed by atoms with van der Waals surface area (Å²) in [6.45, 7) is 3.34. The van der Waals surface area contributed by atoms with Gasteiger partial charge < -0.3 is 9.80 Å². The monoisotopic (exact) mass is 473 g/mol. The number of hydrogen-bond acceptors (Lipinski definition) is 4. The Morgan fingerprint density at radius 3 is 2.33 bits per heavy atom.